The van der Waals surface area contributed by atoms with Crippen LogP contribution in [-0.4, -0.2) is 28.0 Å². The van der Waals surface area contributed by atoms with Crippen molar-refractivity contribution in [1.82, 2.24) is 5.32 Å². The van der Waals surface area contributed by atoms with E-state index in [4.69, 9.17) is 4.74 Å². The maximum Gasteiger partial charge on any atom is 0.264 e. The molecule has 0 aromatic heterocycles. The van der Waals surface area contributed by atoms with E-state index in [1.165, 1.54) is 4.31 Å². The smallest absolute Gasteiger partial charge is 0.264 e. The highest BCUT2D eigenvalue weighted by Gasteiger charge is 2.28. The van der Waals surface area contributed by atoms with Crippen LogP contribution in [0.3, 0.4) is 0 Å². The number of rotatable bonds is 10. The van der Waals surface area contributed by atoms with Crippen LogP contribution in [0.2, 0.25) is 0 Å². The summed E-state index contributed by atoms with van der Waals surface area (Å²) >= 11 is 0. The number of sulfonamides is 1. The van der Waals surface area contributed by atoms with E-state index >= 15 is 0 Å². The summed E-state index contributed by atoms with van der Waals surface area (Å²) < 4.78 is 33.9. The molecule has 0 spiro atoms. The second-order valence-electron chi connectivity index (χ2n) is 9.69. The van der Waals surface area contributed by atoms with Gasteiger partial charge in [-0.1, -0.05) is 49.7 Å². The second-order valence-corrected chi connectivity index (χ2v) is 11.6. The molecule has 192 valence electrons. The Morgan fingerprint density at radius 1 is 0.889 bits per heavy atom. The van der Waals surface area contributed by atoms with Gasteiger partial charge in [0.15, 0.2) is 0 Å². The first kappa shape index (κ1) is 27.3. The molecule has 6 nitrogen and oxygen atoms in total. The topological polar surface area (TPSA) is 75.7 Å². The first-order valence-corrected chi connectivity index (χ1v) is 13.5. The van der Waals surface area contributed by atoms with Crippen LogP contribution in [0.1, 0.15) is 48.6 Å². The van der Waals surface area contributed by atoms with Crippen LogP contribution >= 0.6 is 0 Å². The van der Waals surface area contributed by atoms with Crippen molar-refractivity contribution in [2.45, 2.75) is 52.0 Å². The molecule has 36 heavy (non-hydrogen) atoms. The van der Waals surface area contributed by atoms with Crippen LogP contribution in [0.4, 0.5) is 5.69 Å². The van der Waals surface area contributed by atoms with Crippen LogP contribution in [0.15, 0.2) is 71.6 Å². The summed E-state index contributed by atoms with van der Waals surface area (Å²) in [5, 5.41) is 3.08. The van der Waals surface area contributed by atoms with Crippen LogP contribution in [-0.2, 0) is 14.8 Å². The van der Waals surface area contributed by atoms with E-state index in [1.807, 2.05) is 51.1 Å². The summed E-state index contributed by atoms with van der Waals surface area (Å²) in [5.74, 6) is 0.689. The number of hydrogen-bond acceptors (Lipinski definition) is 4. The Kier molecular flexibility index (Phi) is 8.79. The van der Waals surface area contributed by atoms with Gasteiger partial charge in [0, 0.05) is 0 Å². The quantitative estimate of drug-likeness (QED) is 0.380. The van der Waals surface area contributed by atoms with Crippen molar-refractivity contribution in [3.8, 4) is 5.75 Å². The molecular weight excluding hydrogens is 472 g/mol. The monoisotopic (exact) mass is 508 g/mol. The molecular formula is C29H36N2O4S. The predicted molar refractivity (Wildman–Crippen MR) is 145 cm³/mol. The zero-order valence-corrected chi connectivity index (χ0v) is 22.7. The molecule has 0 unspecified atom stereocenters. The molecule has 0 bridgehead atoms. The average Bonchev–Trinajstić information content (AvgIpc) is 2.81. The van der Waals surface area contributed by atoms with E-state index in [0.717, 1.165) is 28.0 Å². The lowest BCUT2D eigenvalue weighted by molar-refractivity contribution is -0.120. The fraction of sp³-hybridized carbons (Fsp3) is 0.345. The number of ether oxygens (including phenoxy) is 1. The first-order chi connectivity index (χ1) is 17.0. The highest BCUT2D eigenvalue weighted by Crippen LogP contribution is 2.27. The normalized spacial score (nSPS) is 12.3. The Morgan fingerprint density at radius 3 is 2.00 bits per heavy atom. The third kappa shape index (κ3) is 6.88. The van der Waals surface area contributed by atoms with Crippen LogP contribution in [0.5, 0.6) is 5.75 Å². The summed E-state index contributed by atoms with van der Waals surface area (Å²) in [5.41, 5.74) is 4.21. The van der Waals surface area contributed by atoms with Gasteiger partial charge in [-0.3, -0.25) is 9.10 Å². The third-order valence-electron chi connectivity index (χ3n) is 5.95. The number of amides is 1. The van der Waals surface area contributed by atoms with E-state index < -0.39 is 10.0 Å². The summed E-state index contributed by atoms with van der Waals surface area (Å²) in [6, 6.07) is 19.6. The largest absolute Gasteiger partial charge is 0.497 e. The summed E-state index contributed by atoms with van der Waals surface area (Å²) in [6.45, 7) is 9.58. The van der Waals surface area contributed by atoms with Gasteiger partial charge in [0.05, 0.1) is 23.7 Å². The van der Waals surface area contributed by atoms with Gasteiger partial charge in [0.2, 0.25) is 5.91 Å². The standard InChI is InChI=1S/C29H36N2O4S/c1-20(2)15-28(24-9-11-26(35-6)12-10-24)30-29(32)19-31(25-17-22(4)16-23(5)18-25)36(33,34)27-13-7-21(3)8-14-27/h7-14,16-18,20,28H,15,19H2,1-6H3,(H,30,32)/t28-/m0/s1. The highest BCUT2D eigenvalue weighted by molar-refractivity contribution is 7.92. The third-order valence-corrected chi connectivity index (χ3v) is 7.74. The first-order valence-electron chi connectivity index (χ1n) is 12.1. The summed E-state index contributed by atoms with van der Waals surface area (Å²) in [6.07, 6.45) is 0.715. The van der Waals surface area contributed by atoms with Crippen molar-refractivity contribution in [2.75, 3.05) is 18.0 Å². The number of aryl methyl sites for hydroxylation is 3. The molecule has 1 amide bonds. The molecule has 0 saturated heterocycles. The van der Waals surface area contributed by atoms with E-state index in [2.05, 4.69) is 19.2 Å². The van der Waals surface area contributed by atoms with Gasteiger partial charge in [-0.2, -0.15) is 0 Å². The minimum absolute atomic E-state index is 0.147. The van der Waals surface area contributed by atoms with Gasteiger partial charge in [-0.25, -0.2) is 8.42 Å². The lowest BCUT2D eigenvalue weighted by Crippen LogP contribution is -2.42. The SMILES string of the molecule is COc1ccc([C@H](CC(C)C)NC(=O)CN(c2cc(C)cc(C)c2)S(=O)(=O)c2ccc(C)cc2)cc1. The molecule has 0 heterocycles. The maximum absolute atomic E-state index is 13.7. The second kappa shape index (κ2) is 11.6. The lowest BCUT2D eigenvalue weighted by atomic mass is 9.97. The van der Waals surface area contributed by atoms with E-state index in [-0.39, 0.29) is 23.4 Å². The van der Waals surface area contributed by atoms with Crippen LogP contribution in [0.25, 0.3) is 0 Å². The van der Waals surface area contributed by atoms with Crippen molar-refractivity contribution in [3.05, 3.63) is 89.0 Å². The fourth-order valence-electron chi connectivity index (χ4n) is 4.20. The minimum Gasteiger partial charge on any atom is -0.497 e. The number of nitrogens with zero attached hydrogens (tertiary/aromatic N) is 1. The molecule has 1 N–H and O–H groups in total. The summed E-state index contributed by atoms with van der Waals surface area (Å²) in [4.78, 5) is 13.5. The number of carbonyl (C=O) groups is 1. The van der Waals surface area contributed by atoms with Gasteiger partial charge in [0.25, 0.3) is 10.0 Å². The Balaban J connectivity index is 1.95. The van der Waals surface area contributed by atoms with Crippen LogP contribution < -0.4 is 14.4 Å². The van der Waals surface area contributed by atoms with Gasteiger partial charge < -0.3 is 10.1 Å². The van der Waals surface area contributed by atoms with Crippen LogP contribution in [0, 0.1) is 26.7 Å². The highest BCUT2D eigenvalue weighted by atomic mass is 32.2. The Morgan fingerprint density at radius 2 is 1.47 bits per heavy atom. The Hall–Kier alpha value is -3.32. The number of methoxy groups -OCH3 is 1. The van der Waals surface area contributed by atoms with Crippen molar-refractivity contribution >= 4 is 21.6 Å². The molecule has 3 aromatic carbocycles. The molecule has 0 fully saturated rings. The molecule has 0 aliphatic carbocycles. The molecule has 0 aliphatic rings. The maximum atomic E-state index is 13.7. The molecule has 7 heteroatoms. The average molecular weight is 509 g/mol. The molecule has 0 radical (unpaired) electrons. The molecule has 3 rings (SSSR count). The number of anilines is 1. The number of nitrogens with one attached hydrogen (secondary N) is 1. The lowest BCUT2D eigenvalue weighted by Gasteiger charge is -2.27. The van der Waals surface area contributed by atoms with Crippen molar-refractivity contribution in [3.63, 3.8) is 0 Å². The zero-order valence-electron chi connectivity index (χ0n) is 21.9. The predicted octanol–water partition coefficient (Wildman–Crippen LogP) is 5.72. The fourth-order valence-corrected chi connectivity index (χ4v) is 5.61. The van der Waals surface area contributed by atoms with Gasteiger partial charge in [-0.05, 0) is 86.2 Å². The van der Waals surface area contributed by atoms with E-state index in [0.29, 0.717) is 18.0 Å². The van der Waals surface area contributed by atoms with Crippen molar-refractivity contribution < 1.29 is 17.9 Å². The number of benzene rings is 3. The van der Waals surface area contributed by atoms with Crippen molar-refractivity contribution in [1.29, 1.82) is 0 Å². The summed E-state index contributed by atoms with van der Waals surface area (Å²) in [7, 11) is -2.37. The van der Waals surface area contributed by atoms with Gasteiger partial charge in [-0.15, -0.1) is 0 Å². The Labute approximate surface area is 215 Å². The van der Waals surface area contributed by atoms with Crippen molar-refractivity contribution in [2.24, 2.45) is 5.92 Å². The zero-order chi connectivity index (χ0) is 26.5. The number of carbonyl (C=O) groups excluding carboxylic acids is 1. The minimum atomic E-state index is -3.98. The van der Waals surface area contributed by atoms with E-state index in [1.54, 1.807) is 43.5 Å². The Bertz CT molecular complexity index is 1260. The molecule has 0 aliphatic heterocycles. The molecule has 3 aromatic rings. The molecule has 1 atom stereocenters. The van der Waals surface area contributed by atoms with Gasteiger partial charge in [0.1, 0.15) is 12.3 Å². The van der Waals surface area contributed by atoms with Gasteiger partial charge >= 0.3 is 0 Å². The molecule has 0 saturated carbocycles. The van der Waals surface area contributed by atoms with E-state index in [9.17, 15) is 13.2 Å². The number of hydrogen-bond donors (Lipinski definition) is 1.